The fraction of sp³-hybridized carbons (Fsp3) is 0.867. The lowest BCUT2D eigenvalue weighted by Crippen LogP contribution is -2.40. The molecule has 1 N–H and O–H groups in total. The molecule has 4 atom stereocenters. The first-order chi connectivity index (χ1) is 8.89. The molecule has 0 saturated heterocycles. The van der Waals surface area contributed by atoms with Crippen LogP contribution in [0.3, 0.4) is 0 Å². The average molecular weight is 264 g/mol. The molecular formula is C15H24N2O2. The first-order valence-corrected chi connectivity index (χ1v) is 7.28. The van der Waals surface area contributed by atoms with Crippen molar-refractivity contribution in [3.05, 3.63) is 0 Å². The predicted octanol–water partition coefficient (Wildman–Crippen LogP) is 3.23. The van der Waals surface area contributed by atoms with E-state index in [1.54, 1.807) is 0 Å². The Balaban J connectivity index is 1.88. The number of fused-ring (bicyclic) bond motifs is 1. The molecule has 0 bridgehead atoms. The number of nitrogens with one attached hydrogen (secondary N) is 1. The van der Waals surface area contributed by atoms with Crippen LogP contribution in [-0.2, 0) is 4.74 Å². The van der Waals surface area contributed by atoms with Gasteiger partial charge in [-0.25, -0.2) is 4.79 Å². The lowest BCUT2D eigenvalue weighted by atomic mass is 9.66. The van der Waals surface area contributed by atoms with Crippen LogP contribution < -0.4 is 5.32 Å². The number of nitriles is 1. The molecule has 0 aliphatic heterocycles. The van der Waals surface area contributed by atoms with Crippen molar-refractivity contribution in [2.75, 3.05) is 0 Å². The van der Waals surface area contributed by atoms with Gasteiger partial charge in [0, 0.05) is 12.0 Å². The molecule has 2 aliphatic carbocycles. The molecule has 0 aromatic heterocycles. The molecule has 2 aliphatic rings. The SMILES string of the molecule is CC(C)(C)OC(=O)NC1CCC(C#N)[C@H]2CCC2C1. The van der Waals surface area contributed by atoms with Crippen LogP contribution in [-0.4, -0.2) is 17.7 Å². The normalized spacial score (nSPS) is 34.2. The second-order valence-electron chi connectivity index (χ2n) is 6.89. The standard InChI is InChI=1S/C15H24N2O2/c1-15(2,3)19-14(18)17-12-6-4-11(9-16)13-7-5-10(13)8-12/h10-13H,4-8H2,1-3H3,(H,17,18)/t10?,11?,12?,13-/m0/s1. The summed E-state index contributed by atoms with van der Waals surface area (Å²) in [5.41, 5.74) is -0.455. The zero-order valence-electron chi connectivity index (χ0n) is 12.1. The smallest absolute Gasteiger partial charge is 0.407 e. The van der Waals surface area contributed by atoms with E-state index < -0.39 is 5.60 Å². The van der Waals surface area contributed by atoms with E-state index in [1.165, 1.54) is 12.8 Å². The molecule has 3 unspecified atom stereocenters. The maximum absolute atomic E-state index is 11.8. The van der Waals surface area contributed by atoms with Gasteiger partial charge in [-0.1, -0.05) is 0 Å². The molecule has 2 rings (SSSR count). The monoisotopic (exact) mass is 264 g/mol. The van der Waals surface area contributed by atoms with Crippen molar-refractivity contribution in [1.29, 1.82) is 5.26 Å². The Morgan fingerprint density at radius 2 is 2.00 bits per heavy atom. The minimum Gasteiger partial charge on any atom is -0.444 e. The van der Waals surface area contributed by atoms with Crippen LogP contribution in [0.25, 0.3) is 0 Å². The number of amides is 1. The van der Waals surface area contributed by atoms with Crippen molar-refractivity contribution in [1.82, 2.24) is 5.32 Å². The molecule has 1 amide bonds. The molecule has 2 fully saturated rings. The maximum atomic E-state index is 11.8. The van der Waals surface area contributed by atoms with Crippen molar-refractivity contribution in [2.24, 2.45) is 17.8 Å². The van der Waals surface area contributed by atoms with Gasteiger partial charge in [-0.3, -0.25) is 0 Å². The number of carbonyl (C=O) groups is 1. The van der Waals surface area contributed by atoms with E-state index in [2.05, 4.69) is 11.4 Å². The van der Waals surface area contributed by atoms with Crippen molar-refractivity contribution >= 4 is 6.09 Å². The van der Waals surface area contributed by atoms with E-state index in [4.69, 9.17) is 4.74 Å². The average Bonchev–Trinajstić information content (AvgIpc) is 2.35. The molecule has 19 heavy (non-hydrogen) atoms. The fourth-order valence-electron chi connectivity index (χ4n) is 3.26. The van der Waals surface area contributed by atoms with Gasteiger partial charge in [-0.15, -0.1) is 0 Å². The lowest BCUT2D eigenvalue weighted by molar-refractivity contribution is 0.0486. The van der Waals surface area contributed by atoms with E-state index in [9.17, 15) is 10.1 Å². The molecule has 0 aromatic rings. The summed E-state index contributed by atoms with van der Waals surface area (Å²) in [6, 6.07) is 2.61. The van der Waals surface area contributed by atoms with Gasteiger partial charge >= 0.3 is 6.09 Å². The molecule has 0 aromatic carbocycles. The van der Waals surface area contributed by atoms with E-state index in [0.717, 1.165) is 19.3 Å². The van der Waals surface area contributed by atoms with Crippen LogP contribution in [0.1, 0.15) is 52.9 Å². The Kier molecular flexibility index (Phi) is 4.03. The molecule has 4 nitrogen and oxygen atoms in total. The van der Waals surface area contributed by atoms with Gasteiger partial charge in [0.15, 0.2) is 0 Å². The Morgan fingerprint density at radius 3 is 2.53 bits per heavy atom. The summed E-state index contributed by atoms with van der Waals surface area (Å²) < 4.78 is 5.30. The fourth-order valence-corrected chi connectivity index (χ4v) is 3.26. The van der Waals surface area contributed by atoms with Crippen LogP contribution in [0, 0.1) is 29.1 Å². The number of nitrogens with zero attached hydrogens (tertiary/aromatic N) is 1. The second kappa shape index (κ2) is 5.40. The van der Waals surface area contributed by atoms with Gasteiger partial charge in [-0.05, 0) is 64.7 Å². The van der Waals surface area contributed by atoms with Gasteiger partial charge in [0.25, 0.3) is 0 Å². The van der Waals surface area contributed by atoms with Crippen LogP contribution in [0.5, 0.6) is 0 Å². The molecule has 0 heterocycles. The highest BCUT2D eigenvalue weighted by Crippen LogP contribution is 2.46. The highest BCUT2D eigenvalue weighted by Gasteiger charge is 2.41. The van der Waals surface area contributed by atoms with Crippen LogP contribution >= 0.6 is 0 Å². The predicted molar refractivity (Wildman–Crippen MR) is 72.3 cm³/mol. The number of ether oxygens (including phenoxy) is 1. The highest BCUT2D eigenvalue weighted by atomic mass is 16.6. The van der Waals surface area contributed by atoms with Crippen molar-refractivity contribution < 1.29 is 9.53 Å². The zero-order valence-corrected chi connectivity index (χ0v) is 12.1. The highest BCUT2D eigenvalue weighted by molar-refractivity contribution is 5.68. The zero-order chi connectivity index (χ0) is 14.0. The molecule has 2 saturated carbocycles. The summed E-state index contributed by atoms with van der Waals surface area (Å²) in [6.07, 6.45) is 4.85. The van der Waals surface area contributed by atoms with E-state index in [-0.39, 0.29) is 18.1 Å². The number of alkyl carbamates (subject to hydrolysis) is 1. The Hall–Kier alpha value is -1.24. The van der Waals surface area contributed by atoms with Crippen LogP contribution in [0.15, 0.2) is 0 Å². The Bertz CT molecular complexity index is 381. The largest absolute Gasteiger partial charge is 0.444 e. The number of hydrogen-bond donors (Lipinski definition) is 1. The first kappa shape index (κ1) is 14.2. The third-order valence-corrected chi connectivity index (χ3v) is 4.29. The molecule has 4 heteroatoms. The lowest BCUT2D eigenvalue weighted by Gasteiger charge is -2.38. The van der Waals surface area contributed by atoms with Gasteiger partial charge in [0.1, 0.15) is 5.60 Å². The van der Waals surface area contributed by atoms with E-state index >= 15 is 0 Å². The summed E-state index contributed by atoms with van der Waals surface area (Å²) in [5, 5.41) is 12.2. The maximum Gasteiger partial charge on any atom is 0.407 e. The summed E-state index contributed by atoms with van der Waals surface area (Å²) in [6.45, 7) is 5.61. The van der Waals surface area contributed by atoms with Crippen LogP contribution in [0.2, 0.25) is 0 Å². The molecule has 0 spiro atoms. The summed E-state index contributed by atoms with van der Waals surface area (Å²) in [4.78, 5) is 11.8. The quantitative estimate of drug-likeness (QED) is 0.791. The third kappa shape index (κ3) is 3.62. The topological polar surface area (TPSA) is 62.1 Å². The number of hydrogen-bond acceptors (Lipinski definition) is 3. The second-order valence-corrected chi connectivity index (χ2v) is 6.89. The number of rotatable bonds is 1. The van der Waals surface area contributed by atoms with Crippen molar-refractivity contribution in [3.8, 4) is 6.07 Å². The van der Waals surface area contributed by atoms with E-state index in [1.807, 2.05) is 20.8 Å². The molecule has 106 valence electrons. The molecular weight excluding hydrogens is 240 g/mol. The number of carbonyl (C=O) groups excluding carboxylic acids is 1. The van der Waals surface area contributed by atoms with Gasteiger partial charge in [0.2, 0.25) is 0 Å². The van der Waals surface area contributed by atoms with Gasteiger partial charge < -0.3 is 10.1 Å². The Morgan fingerprint density at radius 1 is 1.26 bits per heavy atom. The van der Waals surface area contributed by atoms with Crippen molar-refractivity contribution in [2.45, 2.75) is 64.5 Å². The molecule has 0 radical (unpaired) electrons. The minimum atomic E-state index is -0.455. The summed E-state index contributed by atoms with van der Waals surface area (Å²) >= 11 is 0. The van der Waals surface area contributed by atoms with Gasteiger partial charge in [-0.2, -0.15) is 5.26 Å². The van der Waals surface area contributed by atoms with Crippen molar-refractivity contribution in [3.63, 3.8) is 0 Å². The summed E-state index contributed by atoms with van der Waals surface area (Å²) in [5.74, 6) is 1.37. The van der Waals surface area contributed by atoms with E-state index in [0.29, 0.717) is 11.8 Å². The van der Waals surface area contributed by atoms with Gasteiger partial charge in [0.05, 0.1) is 6.07 Å². The minimum absolute atomic E-state index is 0.168. The third-order valence-electron chi connectivity index (χ3n) is 4.29. The van der Waals surface area contributed by atoms with Crippen LogP contribution in [0.4, 0.5) is 4.79 Å². The Labute approximate surface area is 115 Å². The summed E-state index contributed by atoms with van der Waals surface area (Å²) in [7, 11) is 0. The first-order valence-electron chi connectivity index (χ1n) is 7.28.